The maximum atomic E-state index is 12.6. The Bertz CT molecular complexity index is 2330. The number of ether oxygens (including phenoxy) is 10. The molecule has 0 amide bonds. The summed E-state index contributed by atoms with van der Waals surface area (Å²) in [6.45, 7) is 14.3. The third-order valence-corrected chi connectivity index (χ3v) is 14.4. The second kappa shape index (κ2) is 32.0. The van der Waals surface area contributed by atoms with Gasteiger partial charge in [0.2, 0.25) is 5.69 Å². The van der Waals surface area contributed by atoms with Gasteiger partial charge in [-0.15, -0.1) is 0 Å². The van der Waals surface area contributed by atoms with Crippen molar-refractivity contribution >= 4 is 43.3 Å². The molecule has 3 N–H and O–H groups in total. The number of unbranched alkanes of at least 4 members (excludes halogenated alkanes) is 2. The largest absolute Gasteiger partial charge is 0.481 e. The lowest BCUT2D eigenvalue weighted by Crippen LogP contribution is -2.33. The summed E-state index contributed by atoms with van der Waals surface area (Å²) in [5, 5.41) is 9.30. The average molecular weight is 1070 g/mol. The molecule has 20 nitrogen and oxygen atoms in total. The standard InChI is InChI=1S/C51H78N2O18S2/c1-6-52-45-16-14-41(72(56,57)58)39-43(45)50(2,18-21-64-27-29-68-35-37-70-33-31-66-25-23-62-4)47(52)11-10-12-48-51(3,19-22-65-28-30-69-36-38-71-34-32-67-26-24-63-5)44-40-42(73(59,60)61)15-17-46(44)53(48)20-9-7-8-13-49(54)55/h10-12,14-17,39-40H,6-9,13,18-38H2,1-5H3,(H2-,54,55,56,57,58,59,60,61)/p+1. The average Bonchev–Trinajstić information content (AvgIpc) is 3.72. The van der Waals surface area contributed by atoms with E-state index in [2.05, 4.69) is 9.48 Å². The molecule has 73 heavy (non-hydrogen) atoms. The van der Waals surface area contributed by atoms with Crippen molar-refractivity contribution in [3.8, 4) is 0 Å². The molecule has 0 saturated heterocycles. The fourth-order valence-electron chi connectivity index (χ4n) is 8.81. The Morgan fingerprint density at radius 2 is 1.04 bits per heavy atom. The van der Waals surface area contributed by atoms with E-state index in [-0.39, 0.29) is 22.8 Å². The fourth-order valence-corrected chi connectivity index (χ4v) is 9.82. The monoisotopic (exact) mass is 1070 g/mol. The zero-order chi connectivity index (χ0) is 53.2. The quantitative estimate of drug-likeness (QED) is 0.0415. The third kappa shape index (κ3) is 19.4. The Kier molecular flexibility index (Phi) is 27.1. The number of benzene rings is 2. The van der Waals surface area contributed by atoms with E-state index < -0.39 is 37.0 Å². The van der Waals surface area contributed by atoms with Gasteiger partial charge in [0.25, 0.3) is 20.2 Å². The second-order valence-corrected chi connectivity index (χ2v) is 20.6. The van der Waals surface area contributed by atoms with E-state index in [1.54, 1.807) is 26.4 Å². The van der Waals surface area contributed by atoms with E-state index in [9.17, 15) is 35.8 Å². The number of rotatable bonds is 41. The van der Waals surface area contributed by atoms with Crippen LogP contribution in [0.5, 0.6) is 0 Å². The van der Waals surface area contributed by atoms with Crippen molar-refractivity contribution < 1.29 is 87.8 Å². The zero-order valence-corrected chi connectivity index (χ0v) is 44.9. The van der Waals surface area contributed by atoms with Crippen molar-refractivity contribution in [1.29, 1.82) is 0 Å². The first-order chi connectivity index (χ1) is 35.0. The molecule has 0 aromatic heterocycles. The third-order valence-electron chi connectivity index (χ3n) is 12.7. The van der Waals surface area contributed by atoms with Gasteiger partial charge in [-0.2, -0.15) is 21.4 Å². The lowest BCUT2D eigenvalue weighted by Gasteiger charge is -2.30. The van der Waals surface area contributed by atoms with Gasteiger partial charge < -0.3 is 57.4 Å². The van der Waals surface area contributed by atoms with Gasteiger partial charge in [0.15, 0.2) is 5.71 Å². The molecule has 2 aliphatic rings. The van der Waals surface area contributed by atoms with Gasteiger partial charge in [-0.3, -0.25) is 13.9 Å². The summed E-state index contributed by atoms with van der Waals surface area (Å²) in [6, 6.07) is 9.18. The summed E-state index contributed by atoms with van der Waals surface area (Å²) < 4.78 is 128. The summed E-state index contributed by atoms with van der Waals surface area (Å²) in [7, 11) is -5.88. The molecule has 2 aromatic rings. The van der Waals surface area contributed by atoms with Crippen molar-refractivity contribution in [2.45, 2.75) is 79.9 Å². The van der Waals surface area contributed by atoms with Crippen LogP contribution in [-0.2, 0) is 83.2 Å². The number of hydrogen-bond donors (Lipinski definition) is 3. The number of aliphatic carboxylic acids is 1. The number of likely N-dealkylation sites (N-methyl/N-ethyl adjacent to an activating group) is 1. The van der Waals surface area contributed by atoms with Crippen molar-refractivity contribution in [3.63, 3.8) is 0 Å². The molecule has 2 unspecified atom stereocenters. The van der Waals surface area contributed by atoms with Crippen LogP contribution < -0.4 is 4.90 Å². The Hall–Kier alpha value is -3.72. The molecule has 4 rings (SSSR count). The zero-order valence-electron chi connectivity index (χ0n) is 43.3. The van der Waals surface area contributed by atoms with Crippen LogP contribution in [0.15, 0.2) is 70.1 Å². The number of allylic oxidation sites excluding steroid dienone is 4. The number of carbonyl (C=O) groups is 1. The molecule has 412 valence electrons. The molecule has 2 aliphatic heterocycles. The molecule has 0 bridgehead atoms. The van der Waals surface area contributed by atoms with Gasteiger partial charge >= 0.3 is 5.97 Å². The Morgan fingerprint density at radius 1 is 0.603 bits per heavy atom. The van der Waals surface area contributed by atoms with E-state index in [1.807, 2.05) is 39.0 Å². The van der Waals surface area contributed by atoms with Gasteiger partial charge in [0, 0.05) is 81.3 Å². The van der Waals surface area contributed by atoms with E-state index >= 15 is 0 Å². The van der Waals surface area contributed by atoms with Crippen LogP contribution in [0.2, 0.25) is 0 Å². The maximum Gasteiger partial charge on any atom is 0.303 e. The smallest absolute Gasteiger partial charge is 0.303 e. The highest BCUT2D eigenvalue weighted by Gasteiger charge is 2.48. The van der Waals surface area contributed by atoms with Crippen molar-refractivity contribution in [1.82, 2.24) is 0 Å². The highest BCUT2D eigenvalue weighted by Crippen LogP contribution is 2.51. The number of carboxylic acids is 1. The minimum atomic E-state index is -4.57. The molecule has 0 spiro atoms. The molecular formula is C51H79N2O18S2+. The first-order valence-corrected chi connectivity index (χ1v) is 27.8. The number of hydrogen-bond acceptors (Lipinski definition) is 16. The number of fused-ring (bicyclic) bond motifs is 2. The molecule has 2 heterocycles. The Labute approximate surface area is 432 Å². The summed E-state index contributed by atoms with van der Waals surface area (Å²) >= 11 is 0. The van der Waals surface area contributed by atoms with E-state index in [1.165, 1.54) is 24.3 Å². The van der Waals surface area contributed by atoms with Gasteiger partial charge in [0.1, 0.15) is 6.54 Å². The first-order valence-electron chi connectivity index (χ1n) is 24.9. The molecule has 22 heteroatoms. The minimum absolute atomic E-state index is 0.0383. The van der Waals surface area contributed by atoms with E-state index in [0.29, 0.717) is 169 Å². The Balaban J connectivity index is 1.58. The molecule has 2 aromatic carbocycles. The predicted molar refractivity (Wildman–Crippen MR) is 273 cm³/mol. The number of anilines is 1. The highest BCUT2D eigenvalue weighted by molar-refractivity contribution is 7.86. The fraction of sp³-hybridized carbons (Fsp3) is 0.647. The summed E-state index contributed by atoms with van der Waals surface area (Å²) in [4.78, 5) is 13.0. The van der Waals surface area contributed by atoms with Crippen molar-refractivity contribution in [2.75, 3.05) is 151 Å². The van der Waals surface area contributed by atoms with Crippen LogP contribution in [-0.4, -0.2) is 194 Å². The molecule has 0 radical (unpaired) electrons. The first kappa shape index (κ1) is 61.8. The molecule has 0 fully saturated rings. The molecular weight excluding hydrogens is 993 g/mol. The minimum Gasteiger partial charge on any atom is -0.481 e. The van der Waals surface area contributed by atoms with Gasteiger partial charge in [-0.1, -0.05) is 6.08 Å². The van der Waals surface area contributed by atoms with Crippen LogP contribution in [0.4, 0.5) is 11.4 Å². The van der Waals surface area contributed by atoms with Crippen molar-refractivity contribution in [3.05, 3.63) is 71.5 Å². The second-order valence-electron chi connectivity index (χ2n) is 17.8. The van der Waals surface area contributed by atoms with Gasteiger partial charge in [-0.05, 0) is 88.4 Å². The van der Waals surface area contributed by atoms with Crippen molar-refractivity contribution in [2.24, 2.45) is 0 Å². The summed E-state index contributed by atoms with van der Waals surface area (Å²) in [6.07, 6.45) is 8.54. The van der Waals surface area contributed by atoms with Crippen LogP contribution in [0.25, 0.3) is 0 Å². The van der Waals surface area contributed by atoms with Crippen LogP contribution in [0.3, 0.4) is 0 Å². The Morgan fingerprint density at radius 3 is 1.49 bits per heavy atom. The predicted octanol–water partition coefficient (Wildman–Crippen LogP) is 5.63. The van der Waals surface area contributed by atoms with Gasteiger partial charge in [-0.25, -0.2) is 0 Å². The normalized spacial score (nSPS) is 18.5. The lowest BCUT2D eigenvalue weighted by molar-refractivity contribution is -0.438. The summed E-state index contributed by atoms with van der Waals surface area (Å²) in [5.41, 5.74) is 2.95. The number of carboxylic acid groups (broad SMARTS) is 1. The molecule has 2 atom stereocenters. The summed E-state index contributed by atoms with van der Waals surface area (Å²) in [5.74, 6) is -0.871. The molecule has 0 aliphatic carbocycles. The van der Waals surface area contributed by atoms with E-state index in [0.717, 1.165) is 22.8 Å². The number of methoxy groups -OCH3 is 2. The molecule has 0 saturated carbocycles. The maximum absolute atomic E-state index is 12.6. The van der Waals surface area contributed by atoms with Crippen LogP contribution >= 0.6 is 0 Å². The lowest BCUT2D eigenvalue weighted by atomic mass is 9.76. The highest BCUT2D eigenvalue weighted by atomic mass is 32.2. The number of nitrogens with zero attached hydrogens (tertiary/aromatic N) is 2. The topological polar surface area (TPSA) is 245 Å². The van der Waals surface area contributed by atoms with Crippen LogP contribution in [0, 0.1) is 0 Å². The van der Waals surface area contributed by atoms with E-state index in [4.69, 9.17) is 47.4 Å². The van der Waals surface area contributed by atoms with Gasteiger partial charge in [0.05, 0.1) is 121 Å². The van der Waals surface area contributed by atoms with Crippen LogP contribution in [0.1, 0.15) is 70.4 Å². The SMILES string of the molecule is CCN1C(=CC=CC2=[N+](CCCCCC(=O)O)c3ccc(S(=O)(=O)O)cc3C2(C)CCOCCOCCOCCOCCOC)C(C)(CCOCCOCCOCCOCCOC)c2cc(S(=O)(=O)O)ccc21.